The molecule has 0 radical (unpaired) electrons. The van der Waals surface area contributed by atoms with Gasteiger partial charge in [0.05, 0.1) is 5.75 Å². The van der Waals surface area contributed by atoms with Gasteiger partial charge in [0.15, 0.2) is 7.37 Å². The van der Waals surface area contributed by atoms with Crippen LogP contribution in [0.1, 0.15) is 25.7 Å². The van der Waals surface area contributed by atoms with Crippen molar-refractivity contribution in [2.75, 3.05) is 25.7 Å². The Morgan fingerprint density at radius 1 is 1.20 bits per heavy atom. The van der Waals surface area contributed by atoms with Gasteiger partial charge in [0, 0.05) is 19.9 Å². The van der Waals surface area contributed by atoms with E-state index in [0.29, 0.717) is 19.0 Å². The molecule has 92 valence electrons. The first-order valence-corrected chi connectivity index (χ1v) is 8.71. The zero-order chi connectivity index (χ0) is 11.9. The van der Waals surface area contributed by atoms with E-state index < -0.39 is 17.5 Å². The maximum absolute atomic E-state index is 11.4. The Kier molecular flexibility index (Phi) is 6.68. The average Bonchev–Trinajstić information content (AvgIpc) is 2.09. The molecule has 1 N–H and O–H groups in total. The lowest BCUT2D eigenvalue weighted by atomic mass is 10.2. The molecule has 15 heavy (non-hydrogen) atoms. The molecule has 0 aromatic heterocycles. The molecule has 1 atom stereocenters. The standard InChI is InChI=1S/C8H19O5PS/c1-13-14(2,9)7-5-3-4-6-8-15(10,11)12/h3-8H2,1-2H3,(H,10,11,12). The van der Waals surface area contributed by atoms with Crippen LogP contribution in [0, 0.1) is 0 Å². The van der Waals surface area contributed by atoms with Gasteiger partial charge < -0.3 is 4.52 Å². The van der Waals surface area contributed by atoms with Gasteiger partial charge in [-0.1, -0.05) is 12.8 Å². The molecule has 0 bridgehead atoms. The maximum Gasteiger partial charge on any atom is 0.264 e. The van der Waals surface area contributed by atoms with Crippen molar-refractivity contribution < 1.29 is 22.1 Å². The highest BCUT2D eigenvalue weighted by Crippen LogP contribution is 2.42. The van der Waals surface area contributed by atoms with Crippen molar-refractivity contribution in [1.82, 2.24) is 0 Å². The fourth-order valence-corrected chi connectivity index (χ4v) is 2.68. The summed E-state index contributed by atoms with van der Waals surface area (Å²) in [6.07, 6.45) is 3.24. The predicted octanol–water partition coefficient (Wildman–Crippen LogP) is 1.99. The third-order valence-electron chi connectivity index (χ3n) is 2.10. The fraction of sp³-hybridized carbons (Fsp3) is 1.00. The SMILES string of the molecule is COP(C)(=O)CCCCCCS(=O)(=O)O. The van der Waals surface area contributed by atoms with Crippen LogP contribution in [0.4, 0.5) is 0 Å². The highest BCUT2D eigenvalue weighted by Gasteiger charge is 2.12. The molecule has 0 aromatic carbocycles. The van der Waals surface area contributed by atoms with Crippen molar-refractivity contribution in [2.24, 2.45) is 0 Å². The second-order valence-corrected chi connectivity index (χ2v) is 8.03. The van der Waals surface area contributed by atoms with Gasteiger partial charge >= 0.3 is 0 Å². The van der Waals surface area contributed by atoms with Crippen LogP contribution < -0.4 is 0 Å². The summed E-state index contributed by atoms with van der Waals surface area (Å²) >= 11 is 0. The van der Waals surface area contributed by atoms with Gasteiger partial charge in [0.25, 0.3) is 10.1 Å². The Morgan fingerprint density at radius 3 is 2.20 bits per heavy atom. The second kappa shape index (κ2) is 6.63. The topological polar surface area (TPSA) is 80.7 Å². The van der Waals surface area contributed by atoms with Crippen molar-refractivity contribution in [3.05, 3.63) is 0 Å². The molecule has 0 aliphatic heterocycles. The molecule has 0 amide bonds. The van der Waals surface area contributed by atoms with Gasteiger partial charge in [0.1, 0.15) is 0 Å². The van der Waals surface area contributed by atoms with E-state index in [1.165, 1.54) is 7.11 Å². The van der Waals surface area contributed by atoms with Crippen LogP contribution in [-0.4, -0.2) is 38.7 Å². The summed E-state index contributed by atoms with van der Waals surface area (Å²) in [5.74, 6) is -0.193. The zero-order valence-corrected chi connectivity index (χ0v) is 10.9. The van der Waals surface area contributed by atoms with Crippen LogP contribution in [-0.2, 0) is 19.2 Å². The molecule has 0 aromatic rings. The van der Waals surface area contributed by atoms with E-state index >= 15 is 0 Å². The van der Waals surface area contributed by atoms with E-state index in [9.17, 15) is 13.0 Å². The summed E-state index contributed by atoms with van der Waals surface area (Å²) in [5.41, 5.74) is 0. The van der Waals surface area contributed by atoms with Crippen molar-refractivity contribution in [1.29, 1.82) is 0 Å². The van der Waals surface area contributed by atoms with E-state index in [1.807, 2.05) is 0 Å². The first-order chi connectivity index (χ1) is 6.77. The Balaban J connectivity index is 3.45. The summed E-state index contributed by atoms with van der Waals surface area (Å²) in [5, 5.41) is 0. The Hall–Kier alpha value is 0.100. The summed E-state index contributed by atoms with van der Waals surface area (Å²) in [7, 11) is -4.82. The van der Waals surface area contributed by atoms with E-state index in [4.69, 9.17) is 9.08 Å². The van der Waals surface area contributed by atoms with Crippen molar-refractivity contribution in [3.63, 3.8) is 0 Å². The lowest BCUT2D eigenvalue weighted by Crippen LogP contribution is -2.03. The van der Waals surface area contributed by atoms with Crippen molar-refractivity contribution in [3.8, 4) is 0 Å². The highest BCUT2D eigenvalue weighted by atomic mass is 32.2. The normalized spacial score (nSPS) is 16.2. The Bertz CT molecular complexity index is 311. The van der Waals surface area contributed by atoms with Gasteiger partial charge in [-0.25, -0.2) is 0 Å². The minimum atomic E-state index is -3.82. The lowest BCUT2D eigenvalue weighted by molar-refractivity contribution is 0.397. The molecule has 0 spiro atoms. The lowest BCUT2D eigenvalue weighted by Gasteiger charge is -2.09. The van der Waals surface area contributed by atoms with Crippen LogP contribution in [0.3, 0.4) is 0 Å². The number of rotatable bonds is 8. The third-order valence-corrected chi connectivity index (χ3v) is 4.81. The quantitative estimate of drug-likeness (QED) is 0.409. The van der Waals surface area contributed by atoms with Gasteiger partial charge in [-0.3, -0.25) is 9.12 Å². The van der Waals surface area contributed by atoms with Gasteiger partial charge in [0.2, 0.25) is 0 Å². The van der Waals surface area contributed by atoms with Crippen LogP contribution in [0.2, 0.25) is 0 Å². The molecule has 0 rings (SSSR count). The largest absolute Gasteiger partial charge is 0.332 e. The molecule has 0 aliphatic rings. The van der Waals surface area contributed by atoms with Gasteiger partial charge in [-0.2, -0.15) is 8.42 Å². The molecular weight excluding hydrogens is 239 g/mol. The van der Waals surface area contributed by atoms with E-state index in [1.54, 1.807) is 6.66 Å². The van der Waals surface area contributed by atoms with Gasteiger partial charge in [-0.15, -0.1) is 0 Å². The fourth-order valence-electron chi connectivity index (χ4n) is 1.13. The number of hydrogen-bond donors (Lipinski definition) is 1. The zero-order valence-electron chi connectivity index (χ0n) is 9.18. The minimum Gasteiger partial charge on any atom is -0.332 e. The monoisotopic (exact) mass is 258 g/mol. The number of hydrogen-bond acceptors (Lipinski definition) is 4. The van der Waals surface area contributed by atoms with Crippen LogP contribution in [0.25, 0.3) is 0 Å². The maximum atomic E-state index is 11.4. The summed E-state index contributed by atoms with van der Waals surface area (Å²) in [6, 6.07) is 0. The summed E-state index contributed by atoms with van der Waals surface area (Å²) in [6.45, 7) is 1.59. The molecule has 0 heterocycles. The Labute approximate surface area is 91.4 Å². The smallest absolute Gasteiger partial charge is 0.264 e. The van der Waals surface area contributed by atoms with Crippen LogP contribution >= 0.6 is 7.37 Å². The molecule has 5 nitrogen and oxygen atoms in total. The van der Waals surface area contributed by atoms with Crippen molar-refractivity contribution >= 4 is 17.5 Å². The Morgan fingerprint density at radius 2 is 1.73 bits per heavy atom. The molecule has 0 saturated heterocycles. The molecule has 0 fully saturated rings. The van der Waals surface area contributed by atoms with E-state index in [-0.39, 0.29) is 5.75 Å². The predicted molar refractivity (Wildman–Crippen MR) is 60.3 cm³/mol. The molecular formula is C8H19O5PS. The molecule has 1 unspecified atom stereocenters. The summed E-state index contributed by atoms with van der Waals surface area (Å²) < 4.78 is 45.4. The average molecular weight is 258 g/mol. The highest BCUT2D eigenvalue weighted by molar-refractivity contribution is 7.85. The first kappa shape index (κ1) is 15.1. The molecule has 0 aliphatic carbocycles. The molecule has 7 heteroatoms. The summed E-state index contributed by atoms with van der Waals surface area (Å²) in [4.78, 5) is 0. The third kappa shape index (κ3) is 10.4. The minimum absolute atomic E-state index is 0.193. The number of unbranched alkanes of at least 4 members (excludes halogenated alkanes) is 3. The van der Waals surface area contributed by atoms with Gasteiger partial charge in [-0.05, 0) is 12.8 Å². The second-order valence-electron chi connectivity index (χ2n) is 3.62. The first-order valence-electron chi connectivity index (χ1n) is 4.84. The van der Waals surface area contributed by atoms with Crippen LogP contribution in [0.5, 0.6) is 0 Å². The van der Waals surface area contributed by atoms with E-state index in [2.05, 4.69) is 0 Å². The molecule has 0 saturated carbocycles. The van der Waals surface area contributed by atoms with Crippen molar-refractivity contribution in [2.45, 2.75) is 25.7 Å². The van der Waals surface area contributed by atoms with E-state index in [0.717, 1.165) is 12.8 Å². The van der Waals surface area contributed by atoms with Crippen LogP contribution in [0.15, 0.2) is 0 Å².